The van der Waals surface area contributed by atoms with Gasteiger partial charge in [0.25, 0.3) is 5.91 Å². The quantitative estimate of drug-likeness (QED) is 0.427. The maximum absolute atomic E-state index is 12.3. The van der Waals surface area contributed by atoms with E-state index in [0.717, 1.165) is 14.8 Å². The van der Waals surface area contributed by atoms with Crippen LogP contribution in [0.15, 0.2) is 58.8 Å². The van der Waals surface area contributed by atoms with Crippen LogP contribution in [0.4, 0.5) is 5.13 Å². The van der Waals surface area contributed by atoms with Crippen LogP contribution >= 0.6 is 45.7 Å². The number of thiazole rings is 1. The number of rotatable bonds is 4. The summed E-state index contributed by atoms with van der Waals surface area (Å²) in [5.74, 6) is -0.131. The van der Waals surface area contributed by atoms with Crippen molar-refractivity contribution in [1.82, 2.24) is 4.98 Å². The molecule has 0 atom stereocenters. The Hall–Kier alpha value is -1.38. The third-order valence-electron chi connectivity index (χ3n) is 3.23. The van der Waals surface area contributed by atoms with Gasteiger partial charge in [0.05, 0.1) is 11.3 Å². The second-order valence-corrected chi connectivity index (χ2v) is 7.60. The van der Waals surface area contributed by atoms with Gasteiger partial charge in [-0.05, 0) is 53.1 Å². The van der Waals surface area contributed by atoms with Crippen LogP contribution in [0.25, 0.3) is 11.3 Å². The fourth-order valence-electron chi connectivity index (χ4n) is 2.04. The number of hydrogen-bond donors (Lipinski definition) is 1. The molecule has 0 aliphatic rings. The third-order valence-corrected chi connectivity index (χ3v) is 5.67. The van der Waals surface area contributed by atoms with E-state index in [1.165, 1.54) is 16.2 Å². The van der Waals surface area contributed by atoms with Gasteiger partial charge in [-0.1, -0.05) is 24.3 Å². The molecule has 2 aromatic carbocycles. The van der Waals surface area contributed by atoms with Gasteiger partial charge in [-0.25, -0.2) is 4.98 Å². The minimum Gasteiger partial charge on any atom is -0.298 e. The summed E-state index contributed by atoms with van der Waals surface area (Å²) in [7, 11) is 0. The highest BCUT2D eigenvalue weighted by Crippen LogP contribution is 2.27. The summed E-state index contributed by atoms with van der Waals surface area (Å²) >= 11 is 5.30. The Labute approximate surface area is 156 Å². The average Bonchev–Trinajstić information content (AvgIpc) is 3.03. The minimum atomic E-state index is -0.131. The Morgan fingerprint density at radius 3 is 2.61 bits per heavy atom. The maximum Gasteiger partial charge on any atom is 0.258 e. The lowest BCUT2D eigenvalue weighted by atomic mass is 10.2. The van der Waals surface area contributed by atoms with E-state index in [0.29, 0.717) is 10.7 Å². The number of nitrogens with one attached hydrogen (secondary N) is 1. The molecular formula is C17H13IN2OS2. The highest BCUT2D eigenvalue weighted by Gasteiger charge is 2.12. The first-order valence-electron chi connectivity index (χ1n) is 6.83. The lowest BCUT2D eigenvalue weighted by Gasteiger charge is -2.03. The largest absolute Gasteiger partial charge is 0.298 e. The summed E-state index contributed by atoms with van der Waals surface area (Å²) in [6.45, 7) is 0. The van der Waals surface area contributed by atoms with Gasteiger partial charge in [-0.15, -0.1) is 23.1 Å². The molecule has 1 heterocycles. The fraction of sp³-hybridized carbons (Fsp3) is 0.0588. The van der Waals surface area contributed by atoms with E-state index < -0.39 is 0 Å². The van der Waals surface area contributed by atoms with Gasteiger partial charge >= 0.3 is 0 Å². The normalized spacial score (nSPS) is 10.5. The first-order valence-corrected chi connectivity index (χ1v) is 10.0. The summed E-state index contributed by atoms with van der Waals surface area (Å²) in [5.41, 5.74) is 2.59. The van der Waals surface area contributed by atoms with Gasteiger partial charge in [0.15, 0.2) is 5.13 Å². The molecular weight excluding hydrogens is 439 g/mol. The van der Waals surface area contributed by atoms with Crippen molar-refractivity contribution in [2.24, 2.45) is 0 Å². The van der Waals surface area contributed by atoms with Crippen LogP contribution in [0.2, 0.25) is 0 Å². The number of nitrogens with zero attached hydrogens (tertiary/aromatic N) is 1. The van der Waals surface area contributed by atoms with Crippen LogP contribution in [0.3, 0.4) is 0 Å². The summed E-state index contributed by atoms with van der Waals surface area (Å²) in [5, 5.41) is 5.44. The number of aromatic nitrogens is 1. The lowest BCUT2D eigenvalue weighted by molar-refractivity contribution is 0.102. The first-order chi connectivity index (χ1) is 11.2. The van der Waals surface area contributed by atoms with Crippen LogP contribution in [-0.2, 0) is 0 Å². The third kappa shape index (κ3) is 3.94. The van der Waals surface area contributed by atoms with Crippen molar-refractivity contribution in [3.05, 3.63) is 63.0 Å². The molecule has 0 spiro atoms. The zero-order chi connectivity index (χ0) is 16.2. The van der Waals surface area contributed by atoms with E-state index in [1.54, 1.807) is 11.8 Å². The molecule has 3 aromatic rings. The van der Waals surface area contributed by atoms with Gasteiger partial charge in [0, 0.05) is 19.4 Å². The Morgan fingerprint density at radius 1 is 1.17 bits per heavy atom. The average molecular weight is 452 g/mol. The first kappa shape index (κ1) is 16.5. The van der Waals surface area contributed by atoms with E-state index in [1.807, 2.05) is 41.8 Å². The van der Waals surface area contributed by atoms with Crippen molar-refractivity contribution in [3.63, 3.8) is 0 Å². The van der Waals surface area contributed by atoms with E-state index in [9.17, 15) is 4.79 Å². The van der Waals surface area contributed by atoms with Crippen LogP contribution in [0, 0.1) is 3.57 Å². The predicted molar refractivity (Wildman–Crippen MR) is 106 cm³/mol. The second kappa shape index (κ2) is 7.46. The molecule has 6 heteroatoms. The molecule has 0 aliphatic carbocycles. The van der Waals surface area contributed by atoms with Gasteiger partial charge in [0.1, 0.15) is 0 Å². The number of carbonyl (C=O) groups is 1. The Morgan fingerprint density at radius 2 is 1.91 bits per heavy atom. The molecule has 0 saturated heterocycles. The number of thioether (sulfide) groups is 1. The summed E-state index contributed by atoms with van der Waals surface area (Å²) in [4.78, 5) is 18.0. The molecule has 23 heavy (non-hydrogen) atoms. The van der Waals surface area contributed by atoms with Crippen LogP contribution in [-0.4, -0.2) is 17.1 Å². The minimum absolute atomic E-state index is 0.131. The molecule has 1 aromatic heterocycles. The van der Waals surface area contributed by atoms with Crippen molar-refractivity contribution < 1.29 is 4.79 Å². The Kier molecular flexibility index (Phi) is 5.34. The molecule has 116 valence electrons. The van der Waals surface area contributed by atoms with E-state index in [4.69, 9.17) is 0 Å². The van der Waals surface area contributed by atoms with Crippen LogP contribution in [0.5, 0.6) is 0 Å². The van der Waals surface area contributed by atoms with Gasteiger partial charge in [0.2, 0.25) is 0 Å². The lowest BCUT2D eigenvalue weighted by Crippen LogP contribution is -2.13. The molecule has 3 nitrogen and oxygen atoms in total. The molecule has 3 rings (SSSR count). The van der Waals surface area contributed by atoms with Crippen molar-refractivity contribution >= 4 is 56.7 Å². The molecule has 0 bridgehead atoms. The second-order valence-electron chi connectivity index (χ2n) is 4.70. The molecule has 1 N–H and O–H groups in total. The van der Waals surface area contributed by atoms with E-state index in [-0.39, 0.29) is 5.91 Å². The fourth-order valence-corrected chi connectivity index (χ4v) is 3.79. The number of hydrogen-bond acceptors (Lipinski definition) is 4. The topological polar surface area (TPSA) is 42.0 Å². The highest BCUT2D eigenvalue weighted by molar-refractivity contribution is 14.1. The smallest absolute Gasteiger partial charge is 0.258 e. The number of anilines is 1. The standard InChI is InChI=1S/C17H13IN2OS2/c1-22-12-8-6-11(7-9-12)15-10-23-17(19-15)20-16(21)13-4-2-3-5-14(13)18/h2-10H,1H3,(H,19,20,21). The van der Waals surface area contributed by atoms with E-state index >= 15 is 0 Å². The number of halogens is 1. The van der Waals surface area contributed by atoms with Crippen molar-refractivity contribution in [3.8, 4) is 11.3 Å². The zero-order valence-electron chi connectivity index (χ0n) is 12.2. The van der Waals surface area contributed by atoms with Crippen molar-refractivity contribution in [2.75, 3.05) is 11.6 Å². The SMILES string of the molecule is CSc1ccc(-c2csc(NC(=O)c3ccccc3I)n2)cc1. The summed E-state index contributed by atoms with van der Waals surface area (Å²) in [6.07, 6.45) is 2.05. The van der Waals surface area contributed by atoms with Crippen molar-refractivity contribution in [1.29, 1.82) is 0 Å². The van der Waals surface area contributed by atoms with Crippen LogP contribution < -0.4 is 5.32 Å². The molecule has 0 radical (unpaired) electrons. The van der Waals surface area contributed by atoms with Crippen LogP contribution in [0.1, 0.15) is 10.4 Å². The molecule has 0 unspecified atom stereocenters. The maximum atomic E-state index is 12.3. The number of amides is 1. The monoisotopic (exact) mass is 452 g/mol. The molecule has 0 aliphatic heterocycles. The molecule has 0 fully saturated rings. The van der Waals surface area contributed by atoms with Gasteiger partial charge < -0.3 is 0 Å². The Bertz CT molecular complexity index is 831. The van der Waals surface area contributed by atoms with E-state index in [2.05, 4.69) is 51.3 Å². The summed E-state index contributed by atoms with van der Waals surface area (Å²) < 4.78 is 0.923. The van der Waals surface area contributed by atoms with Crippen molar-refractivity contribution in [2.45, 2.75) is 4.90 Å². The molecule has 0 saturated carbocycles. The Balaban J connectivity index is 1.76. The summed E-state index contributed by atoms with van der Waals surface area (Å²) in [6, 6.07) is 15.7. The molecule has 1 amide bonds. The van der Waals surface area contributed by atoms with Gasteiger partial charge in [-0.3, -0.25) is 10.1 Å². The number of carbonyl (C=O) groups excluding carboxylic acids is 1. The van der Waals surface area contributed by atoms with Gasteiger partial charge in [-0.2, -0.15) is 0 Å². The predicted octanol–water partition coefficient (Wildman–Crippen LogP) is 5.39. The zero-order valence-corrected chi connectivity index (χ0v) is 16.0. The highest BCUT2D eigenvalue weighted by atomic mass is 127. The number of benzene rings is 2.